The average Bonchev–Trinajstić information content (AvgIpc) is 3.13. The average molecular weight is 477 g/mol. The Balaban J connectivity index is 1.39. The van der Waals surface area contributed by atoms with Crippen molar-refractivity contribution in [2.24, 2.45) is 46.3 Å². The Morgan fingerprint density at radius 2 is 1.53 bits per heavy atom. The molecule has 0 unspecified atom stereocenters. The normalized spacial score (nSPS) is 42.1. The van der Waals surface area contributed by atoms with Gasteiger partial charge in [-0.25, -0.2) is 0 Å². The summed E-state index contributed by atoms with van der Waals surface area (Å²) in [5, 5.41) is 18.0. The minimum absolute atomic E-state index is 0.0369. The van der Waals surface area contributed by atoms with Crippen LogP contribution in [-0.2, 0) is 19.1 Å². The van der Waals surface area contributed by atoms with Crippen LogP contribution < -0.4 is 0 Å². The minimum atomic E-state index is -0.957. The molecule has 0 radical (unpaired) electrons. The SMILES string of the molecule is C[C@@H](CCC(=O)O)[C@H]1CC[C@H]2[C@@H]3CC[C@H]4C[C@@H](OC(=O)CCC(=O)O)CC[C@]4(C)[C@H]3CC[C@]12C. The number of hydrogen-bond acceptors (Lipinski definition) is 4. The smallest absolute Gasteiger partial charge is 0.306 e. The molecular formula is C28H44O6. The van der Waals surface area contributed by atoms with Crippen LogP contribution in [0.5, 0.6) is 0 Å². The maximum Gasteiger partial charge on any atom is 0.306 e. The van der Waals surface area contributed by atoms with Gasteiger partial charge in [-0.2, -0.15) is 0 Å². The molecule has 4 aliphatic rings. The summed E-state index contributed by atoms with van der Waals surface area (Å²) in [6.45, 7) is 7.30. The van der Waals surface area contributed by atoms with Gasteiger partial charge in [-0.05, 0) is 111 Å². The van der Waals surface area contributed by atoms with Gasteiger partial charge in [-0.3, -0.25) is 14.4 Å². The first-order valence-corrected chi connectivity index (χ1v) is 13.7. The highest BCUT2D eigenvalue weighted by Gasteiger charge is 2.60. The number of ether oxygens (including phenoxy) is 1. The summed E-state index contributed by atoms with van der Waals surface area (Å²) < 4.78 is 5.69. The molecule has 6 nitrogen and oxygen atoms in total. The van der Waals surface area contributed by atoms with Crippen molar-refractivity contribution in [1.82, 2.24) is 0 Å². The Hall–Kier alpha value is -1.59. The van der Waals surface area contributed by atoms with Gasteiger partial charge in [0, 0.05) is 6.42 Å². The Morgan fingerprint density at radius 3 is 2.24 bits per heavy atom. The van der Waals surface area contributed by atoms with Crippen LogP contribution in [0.3, 0.4) is 0 Å². The third-order valence-electron chi connectivity index (χ3n) is 11.0. The van der Waals surface area contributed by atoms with E-state index in [1.807, 2.05) is 0 Å². The van der Waals surface area contributed by atoms with Crippen LogP contribution in [0.15, 0.2) is 0 Å². The summed E-state index contributed by atoms with van der Waals surface area (Å²) in [4.78, 5) is 34.0. The van der Waals surface area contributed by atoms with E-state index in [1.165, 1.54) is 38.5 Å². The lowest BCUT2D eigenvalue weighted by atomic mass is 9.44. The van der Waals surface area contributed by atoms with E-state index in [0.717, 1.165) is 43.4 Å². The molecule has 192 valence electrons. The van der Waals surface area contributed by atoms with Gasteiger partial charge >= 0.3 is 17.9 Å². The number of carboxylic acids is 2. The van der Waals surface area contributed by atoms with Crippen LogP contribution in [0.25, 0.3) is 0 Å². The van der Waals surface area contributed by atoms with Gasteiger partial charge in [0.2, 0.25) is 0 Å². The fourth-order valence-corrected chi connectivity index (χ4v) is 9.31. The number of carbonyl (C=O) groups excluding carboxylic acids is 1. The number of fused-ring (bicyclic) bond motifs is 5. The number of aliphatic carboxylic acids is 2. The van der Waals surface area contributed by atoms with Gasteiger partial charge in [0.1, 0.15) is 6.10 Å². The van der Waals surface area contributed by atoms with Gasteiger partial charge in [-0.15, -0.1) is 0 Å². The van der Waals surface area contributed by atoms with Crippen molar-refractivity contribution in [1.29, 1.82) is 0 Å². The highest BCUT2D eigenvalue weighted by Crippen LogP contribution is 2.68. The number of hydrogen-bond donors (Lipinski definition) is 2. The van der Waals surface area contributed by atoms with Crippen molar-refractivity contribution in [3.8, 4) is 0 Å². The van der Waals surface area contributed by atoms with E-state index in [2.05, 4.69) is 20.8 Å². The van der Waals surface area contributed by atoms with Crippen LogP contribution in [0, 0.1) is 46.3 Å². The first kappa shape index (κ1) is 25.5. The molecule has 6 heteroatoms. The van der Waals surface area contributed by atoms with E-state index in [4.69, 9.17) is 14.9 Å². The molecule has 4 fully saturated rings. The summed E-state index contributed by atoms with van der Waals surface area (Å²) in [5.41, 5.74) is 0.653. The quantitative estimate of drug-likeness (QED) is 0.422. The molecule has 34 heavy (non-hydrogen) atoms. The van der Waals surface area contributed by atoms with Crippen LogP contribution in [0.4, 0.5) is 0 Å². The standard InChI is InChI=1S/C28H44O6/c1-17(4-9-24(29)30)21-7-8-22-20-6-5-18-16-19(34-26(33)11-10-25(31)32)12-14-27(18,2)23(20)13-15-28(21,22)3/h17-23H,4-16H2,1-3H3,(H,29,30)(H,31,32)/t17-,18-,19-,20-,21+,22-,23-,27-,28+/m0/s1. The predicted molar refractivity (Wildman–Crippen MR) is 128 cm³/mol. The molecule has 0 aromatic carbocycles. The predicted octanol–water partition coefficient (Wildman–Crippen LogP) is 5.92. The van der Waals surface area contributed by atoms with Gasteiger partial charge < -0.3 is 14.9 Å². The van der Waals surface area contributed by atoms with Crippen LogP contribution in [-0.4, -0.2) is 34.2 Å². The molecule has 9 atom stereocenters. The summed E-state index contributed by atoms with van der Waals surface area (Å²) in [6.07, 6.45) is 11.3. The van der Waals surface area contributed by atoms with E-state index in [0.29, 0.717) is 28.6 Å². The fraction of sp³-hybridized carbons (Fsp3) is 0.893. The molecule has 0 aromatic rings. The largest absolute Gasteiger partial charge is 0.481 e. The molecule has 0 aliphatic heterocycles. The lowest BCUT2D eigenvalue weighted by Crippen LogP contribution is -2.54. The number of rotatable bonds is 8. The summed E-state index contributed by atoms with van der Waals surface area (Å²) >= 11 is 0. The Kier molecular flexibility index (Phi) is 7.36. The van der Waals surface area contributed by atoms with Crippen LogP contribution >= 0.6 is 0 Å². The lowest BCUT2D eigenvalue weighted by Gasteiger charge is -2.61. The topological polar surface area (TPSA) is 101 Å². The zero-order chi connectivity index (χ0) is 24.7. The third kappa shape index (κ3) is 4.75. The lowest BCUT2D eigenvalue weighted by molar-refractivity contribution is -0.164. The van der Waals surface area contributed by atoms with Crippen molar-refractivity contribution in [3.05, 3.63) is 0 Å². The molecule has 0 saturated heterocycles. The molecule has 4 rings (SSSR count). The second-order valence-corrected chi connectivity index (χ2v) is 12.6. The Morgan fingerprint density at radius 1 is 0.853 bits per heavy atom. The van der Waals surface area contributed by atoms with E-state index < -0.39 is 11.9 Å². The molecule has 4 aliphatic carbocycles. The summed E-state index contributed by atoms with van der Waals surface area (Å²) in [6, 6.07) is 0. The molecule has 0 bridgehead atoms. The van der Waals surface area contributed by atoms with Crippen molar-refractivity contribution < 1.29 is 29.3 Å². The molecule has 0 aromatic heterocycles. The molecule has 0 heterocycles. The zero-order valence-corrected chi connectivity index (χ0v) is 21.3. The van der Waals surface area contributed by atoms with E-state index in [-0.39, 0.29) is 31.3 Å². The van der Waals surface area contributed by atoms with Gasteiger partial charge in [-0.1, -0.05) is 20.8 Å². The minimum Gasteiger partial charge on any atom is -0.481 e. The first-order valence-electron chi connectivity index (χ1n) is 13.7. The maximum absolute atomic E-state index is 12.1. The van der Waals surface area contributed by atoms with Crippen molar-refractivity contribution in [3.63, 3.8) is 0 Å². The van der Waals surface area contributed by atoms with Gasteiger partial charge in [0.05, 0.1) is 12.8 Å². The molecule has 2 N–H and O–H groups in total. The summed E-state index contributed by atoms with van der Waals surface area (Å²) in [7, 11) is 0. The van der Waals surface area contributed by atoms with Crippen molar-refractivity contribution >= 4 is 17.9 Å². The van der Waals surface area contributed by atoms with E-state index in [1.54, 1.807) is 0 Å². The van der Waals surface area contributed by atoms with Crippen molar-refractivity contribution in [2.75, 3.05) is 0 Å². The monoisotopic (exact) mass is 476 g/mol. The molecule has 0 amide bonds. The molecule has 0 spiro atoms. The zero-order valence-electron chi connectivity index (χ0n) is 21.3. The highest BCUT2D eigenvalue weighted by molar-refractivity contribution is 5.76. The van der Waals surface area contributed by atoms with E-state index in [9.17, 15) is 14.4 Å². The molecular weight excluding hydrogens is 432 g/mol. The number of carbonyl (C=O) groups is 3. The highest BCUT2D eigenvalue weighted by atomic mass is 16.5. The maximum atomic E-state index is 12.1. The van der Waals surface area contributed by atoms with Gasteiger partial charge in [0.25, 0.3) is 0 Å². The second kappa shape index (κ2) is 9.81. The van der Waals surface area contributed by atoms with Crippen molar-refractivity contribution in [2.45, 2.75) is 110 Å². The number of carboxylic acid groups (broad SMARTS) is 2. The molecule has 4 saturated carbocycles. The van der Waals surface area contributed by atoms with Crippen LogP contribution in [0.2, 0.25) is 0 Å². The first-order chi connectivity index (χ1) is 16.0. The Labute approximate surface area is 204 Å². The number of esters is 1. The van der Waals surface area contributed by atoms with Crippen LogP contribution in [0.1, 0.15) is 104 Å². The van der Waals surface area contributed by atoms with E-state index >= 15 is 0 Å². The summed E-state index contributed by atoms with van der Waals surface area (Å²) in [5.74, 6) is 1.96. The van der Waals surface area contributed by atoms with Gasteiger partial charge in [0.15, 0.2) is 0 Å². The third-order valence-corrected chi connectivity index (χ3v) is 11.0. The Bertz CT molecular complexity index is 794. The fourth-order valence-electron chi connectivity index (χ4n) is 9.31. The second-order valence-electron chi connectivity index (χ2n) is 12.6.